The van der Waals surface area contributed by atoms with E-state index in [9.17, 15) is 18.4 Å². The molecule has 0 unspecified atom stereocenters. The number of hydrogen-bond donors (Lipinski definition) is 1. The molecule has 0 spiro atoms. The third kappa shape index (κ3) is 3.18. The fraction of sp³-hybridized carbons (Fsp3) is 0.111. The molecule has 134 valence electrons. The number of carboxylic acids is 1. The fourth-order valence-electron chi connectivity index (χ4n) is 2.77. The monoisotopic (exact) mass is 397 g/mol. The Kier molecular flexibility index (Phi) is 4.73. The van der Waals surface area contributed by atoms with Gasteiger partial charge in [0.1, 0.15) is 0 Å². The van der Waals surface area contributed by atoms with Crippen molar-refractivity contribution in [3.8, 4) is 0 Å². The molecule has 1 aliphatic rings. The lowest BCUT2D eigenvalue weighted by Crippen LogP contribution is -2.34. The van der Waals surface area contributed by atoms with Gasteiger partial charge in [0.15, 0.2) is 0 Å². The highest BCUT2D eigenvalue weighted by molar-refractivity contribution is 6.35. The van der Waals surface area contributed by atoms with E-state index in [1.165, 1.54) is 24.3 Å². The van der Waals surface area contributed by atoms with Crippen LogP contribution in [-0.4, -0.2) is 17.0 Å². The van der Waals surface area contributed by atoms with E-state index in [4.69, 9.17) is 28.3 Å². The third-order valence-electron chi connectivity index (χ3n) is 3.94. The summed E-state index contributed by atoms with van der Waals surface area (Å²) in [6.07, 6.45) is 2.00. The summed E-state index contributed by atoms with van der Waals surface area (Å²) in [5, 5.41) is 9.41. The highest BCUT2D eigenvalue weighted by Crippen LogP contribution is 2.47. The first-order valence-corrected chi connectivity index (χ1v) is 8.15. The Morgan fingerprint density at radius 3 is 2.62 bits per heavy atom. The molecule has 3 rings (SSSR count). The van der Waals surface area contributed by atoms with Crippen LogP contribution in [-0.2, 0) is 22.1 Å². The number of amides is 1. The maximum atomic E-state index is 14.4. The smallest absolute Gasteiger partial charge is 0.352 e. The molecule has 0 aliphatic carbocycles. The molecule has 2 aromatic carbocycles. The van der Waals surface area contributed by atoms with E-state index in [0.717, 1.165) is 17.0 Å². The van der Waals surface area contributed by atoms with Gasteiger partial charge in [0.05, 0.1) is 17.8 Å². The molecule has 1 heterocycles. The van der Waals surface area contributed by atoms with Gasteiger partial charge in [-0.25, -0.2) is 4.79 Å². The normalized spacial score (nSPS) is 15.5. The number of carboxylic acid groups (broad SMARTS) is 1. The van der Waals surface area contributed by atoms with Gasteiger partial charge in [0.2, 0.25) is 0 Å². The number of carbonyl (C=O) groups is 2. The van der Waals surface area contributed by atoms with Crippen molar-refractivity contribution in [3.63, 3.8) is 0 Å². The van der Waals surface area contributed by atoms with E-state index in [1.54, 1.807) is 12.1 Å². The number of anilines is 1. The first-order valence-electron chi connectivity index (χ1n) is 7.40. The molecule has 0 saturated heterocycles. The predicted molar refractivity (Wildman–Crippen MR) is 94.7 cm³/mol. The zero-order valence-corrected chi connectivity index (χ0v) is 14.6. The Bertz CT molecular complexity index is 944. The Morgan fingerprint density at radius 1 is 1.23 bits per heavy atom. The summed E-state index contributed by atoms with van der Waals surface area (Å²) in [4.78, 5) is 24.0. The quantitative estimate of drug-likeness (QED) is 0.758. The highest BCUT2D eigenvalue weighted by Gasteiger charge is 2.53. The van der Waals surface area contributed by atoms with Crippen LogP contribution >= 0.6 is 23.2 Å². The van der Waals surface area contributed by atoms with Crippen LogP contribution in [0.25, 0.3) is 6.08 Å². The SMILES string of the molecule is O=C(O)/C=C/c1cccc2c1N(Cc1ccc(Cl)cc1Cl)C(=O)C2(F)F. The van der Waals surface area contributed by atoms with E-state index in [-0.39, 0.29) is 22.8 Å². The molecule has 1 amide bonds. The van der Waals surface area contributed by atoms with Crippen molar-refractivity contribution in [1.82, 2.24) is 0 Å². The zero-order chi connectivity index (χ0) is 19.1. The molecule has 0 aromatic heterocycles. The molecule has 8 heteroatoms. The number of aliphatic carboxylic acids is 1. The largest absolute Gasteiger partial charge is 0.478 e. The van der Waals surface area contributed by atoms with Crippen LogP contribution < -0.4 is 4.90 Å². The number of rotatable bonds is 4. The second-order valence-corrected chi connectivity index (χ2v) is 6.46. The summed E-state index contributed by atoms with van der Waals surface area (Å²) in [5.74, 6) is -6.33. The molecule has 1 N–H and O–H groups in total. The molecule has 0 bridgehead atoms. The Labute approximate surface area is 157 Å². The summed E-state index contributed by atoms with van der Waals surface area (Å²) < 4.78 is 28.9. The molecular weight excluding hydrogens is 387 g/mol. The molecule has 0 radical (unpaired) electrons. The number of para-hydroxylation sites is 1. The van der Waals surface area contributed by atoms with Gasteiger partial charge in [-0.2, -0.15) is 8.78 Å². The van der Waals surface area contributed by atoms with E-state index in [0.29, 0.717) is 10.6 Å². The zero-order valence-electron chi connectivity index (χ0n) is 13.0. The van der Waals surface area contributed by atoms with Gasteiger partial charge in [-0.15, -0.1) is 0 Å². The van der Waals surface area contributed by atoms with Gasteiger partial charge < -0.3 is 10.0 Å². The number of fused-ring (bicyclic) bond motifs is 1. The average molecular weight is 398 g/mol. The summed E-state index contributed by atoms with van der Waals surface area (Å²) in [6.45, 7) is -0.199. The number of carbonyl (C=O) groups excluding carboxylic acids is 1. The molecule has 1 aliphatic heterocycles. The van der Waals surface area contributed by atoms with Gasteiger partial charge in [-0.1, -0.05) is 47.5 Å². The summed E-state index contributed by atoms with van der Waals surface area (Å²) in [6, 6.07) is 8.50. The van der Waals surface area contributed by atoms with E-state index >= 15 is 0 Å². The third-order valence-corrected chi connectivity index (χ3v) is 4.53. The molecule has 0 saturated carbocycles. The Hall–Kier alpha value is -2.44. The van der Waals surface area contributed by atoms with Crippen LogP contribution in [0.1, 0.15) is 16.7 Å². The average Bonchev–Trinajstić information content (AvgIpc) is 2.76. The number of benzene rings is 2. The van der Waals surface area contributed by atoms with Crippen LogP contribution in [0, 0.1) is 0 Å². The van der Waals surface area contributed by atoms with Crippen LogP contribution in [0.2, 0.25) is 10.0 Å². The maximum Gasteiger partial charge on any atom is 0.352 e. The lowest BCUT2D eigenvalue weighted by Gasteiger charge is -2.20. The summed E-state index contributed by atoms with van der Waals surface area (Å²) in [5.41, 5.74) is 0.122. The van der Waals surface area contributed by atoms with Crippen molar-refractivity contribution in [2.75, 3.05) is 4.90 Å². The van der Waals surface area contributed by atoms with Crippen LogP contribution in [0.5, 0.6) is 0 Å². The van der Waals surface area contributed by atoms with E-state index in [1.807, 2.05) is 0 Å². The predicted octanol–water partition coefficient (Wildman–Crippen LogP) is 4.73. The molecule has 2 aromatic rings. The maximum absolute atomic E-state index is 14.4. The lowest BCUT2D eigenvalue weighted by molar-refractivity contribution is -0.141. The van der Waals surface area contributed by atoms with Gasteiger partial charge in [-0.3, -0.25) is 4.79 Å². The van der Waals surface area contributed by atoms with Crippen molar-refractivity contribution in [1.29, 1.82) is 0 Å². The van der Waals surface area contributed by atoms with Gasteiger partial charge in [0, 0.05) is 16.1 Å². The molecular formula is C18H11Cl2F2NO3. The standard InChI is InChI=1S/C18H11Cl2F2NO3/c19-12-6-4-11(14(20)8-12)9-23-16-10(5-7-15(24)25)2-1-3-13(16)18(21,22)17(23)26/h1-8H,9H2,(H,24,25)/b7-5+. The molecule has 26 heavy (non-hydrogen) atoms. The summed E-state index contributed by atoms with van der Waals surface area (Å²) in [7, 11) is 0. The number of alkyl halides is 2. The van der Waals surface area contributed by atoms with Crippen LogP contribution in [0.3, 0.4) is 0 Å². The second kappa shape index (κ2) is 6.70. The number of hydrogen-bond acceptors (Lipinski definition) is 2. The minimum absolute atomic E-state index is 0.0361. The molecule has 0 fully saturated rings. The van der Waals surface area contributed by atoms with Crippen LogP contribution in [0.15, 0.2) is 42.5 Å². The summed E-state index contributed by atoms with van der Waals surface area (Å²) >= 11 is 11.9. The minimum atomic E-state index is -3.71. The Morgan fingerprint density at radius 2 is 1.96 bits per heavy atom. The van der Waals surface area contributed by atoms with Crippen molar-refractivity contribution < 1.29 is 23.5 Å². The van der Waals surface area contributed by atoms with Crippen molar-refractivity contribution >= 4 is 46.8 Å². The first kappa shape index (κ1) is 18.4. The number of halogens is 4. The van der Waals surface area contributed by atoms with E-state index < -0.39 is 23.4 Å². The van der Waals surface area contributed by atoms with Crippen molar-refractivity contribution in [2.24, 2.45) is 0 Å². The highest BCUT2D eigenvalue weighted by atomic mass is 35.5. The number of nitrogens with zero attached hydrogens (tertiary/aromatic N) is 1. The fourth-order valence-corrected chi connectivity index (χ4v) is 3.24. The van der Waals surface area contributed by atoms with Gasteiger partial charge in [0.25, 0.3) is 0 Å². The topological polar surface area (TPSA) is 57.6 Å². The molecule has 0 atom stereocenters. The van der Waals surface area contributed by atoms with Crippen LogP contribution in [0.4, 0.5) is 14.5 Å². The Balaban J connectivity index is 2.11. The van der Waals surface area contributed by atoms with Crippen molar-refractivity contribution in [3.05, 3.63) is 69.2 Å². The molecule has 4 nitrogen and oxygen atoms in total. The van der Waals surface area contributed by atoms with E-state index in [2.05, 4.69) is 0 Å². The van der Waals surface area contributed by atoms with Gasteiger partial charge in [-0.05, 0) is 29.3 Å². The first-order chi connectivity index (χ1) is 12.2. The van der Waals surface area contributed by atoms with Crippen molar-refractivity contribution in [2.45, 2.75) is 12.5 Å². The van der Waals surface area contributed by atoms with Gasteiger partial charge >= 0.3 is 17.8 Å². The second-order valence-electron chi connectivity index (χ2n) is 5.62. The lowest BCUT2D eigenvalue weighted by atomic mass is 10.0. The minimum Gasteiger partial charge on any atom is -0.478 e.